The molecular formula is C23H24O4. The molecule has 4 nitrogen and oxygen atoms in total. The topological polar surface area (TPSA) is 66.8 Å². The van der Waals surface area contributed by atoms with Gasteiger partial charge in [0.05, 0.1) is 6.10 Å². The molecule has 0 saturated heterocycles. The average molecular weight is 364 g/mol. The second kappa shape index (κ2) is 10.1. The van der Waals surface area contributed by atoms with E-state index in [4.69, 9.17) is 14.6 Å². The van der Waals surface area contributed by atoms with Crippen molar-refractivity contribution in [3.63, 3.8) is 0 Å². The molecule has 0 aromatic heterocycles. The van der Waals surface area contributed by atoms with Gasteiger partial charge in [0, 0.05) is 6.92 Å². The zero-order chi connectivity index (χ0) is 19.6. The lowest BCUT2D eigenvalue weighted by atomic mass is 10.0. The highest BCUT2D eigenvalue weighted by atomic mass is 16.5. The third kappa shape index (κ3) is 6.96. The van der Waals surface area contributed by atoms with Gasteiger partial charge in [0.1, 0.15) is 12.4 Å². The van der Waals surface area contributed by atoms with Crippen LogP contribution in [0, 0.1) is 0 Å². The number of benzene rings is 3. The van der Waals surface area contributed by atoms with Crippen LogP contribution in [-0.4, -0.2) is 16.2 Å². The maximum atomic E-state index is 9.56. The third-order valence-electron chi connectivity index (χ3n) is 3.83. The SMILES string of the molecule is CC(=O)O.CC(O)c1ccc(-c2ccc(OCc3ccccc3)cc2)cc1. The lowest BCUT2D eigenvalue weighted by molar-refractivity contribution is -0.134. The molecule has 0 aliphatic heterocycles. The van der Waals surface area contributed by atoms with Crippen LogP contribution in [0.2, 0.25) is 0 Å². The van der Waals surface area contributed by atoms with E-state index >= 15 is 0 Å². The number of carboxylic acid groups (broad SMARTS) is 1. The Labute approximate surface area is 159 Å². The first-order valence-electron chi connectivity index (χ1n) is 8.70. The lowest BCUT2D eigenvalue weighted by Crippen LogP contribution is -1.94. The summed E-state index contributed by atoms with van der Waals surface area (Å²) in [5.41, 5.74) is 4.35. The van der Waals surface area contributed by atoms with Crippen LogP contribution >= 0.6 is 0 Å². The monoisotopic (exact) mass is 364 g/mol. The minimum atomic E-state index is -0.833. The van der Waals surface area contributed by atoms with E-state index in [0.29, 0.717) is 6.61 Å². The first-order chi connectivity index (χ1) is 13.0. The number of hydrogen-bond acceptors (Lipinski definition) is 3. The van der Waals surface area contributed by atoms with E-state index in [-0.39, 0.29) is 0 Å². The summed E-state index contributed by atoms with van der Waals surface area (Å²) in [4.78, 5) is 9.00. The van der Waals surface area contributed by atoms with Crippen molar-refractivity contribution in [3.8, 4) is 16.9 Å². The zero-order valence-electron chi connectivity index (χ0n) is 15.5. The molecule has 3 aromatic rings. The summed E-state index contributed by atoms with van der Waals surface area (Å²) < 4.78 is 5.80. The van der Waals surface area contributed by atoms with Crippen molar-refractivity contribution in [2.24, 2.45) is 0 Å². The Morgan fingerprint density at radius 3 is 1.85 bits per heavy atom. The van der Waals surface area contributed by atoms with Gasteiger partial charge in [0.15, 0.2) is 0 Å². The summed E-state index contributed by atoms with van der Waals surface area (Å²) in [6.07, 6.45) is -0.433. The van der Waals surface area contributed by atoms with Crippen LogP contribution in [-0.2, 0) is 11.4 Å². The molecule has 0 aliphatic carbocycles. The van der Waals surface area contributed by atoms with Crippen molar-refractivity contribution in [1.29, 1.82) is 0 Å². The normalized spacial score (nSPS) is 11.1. The van der Waals surface area contributed by atoms with E-state index in [1.54, 1.807) is 6.92 Å². The fourth-order valence-electron chi connectivity index (χ4n) is 2.44. The van der Waals surface area contributed by atoms with Crippen LogP contribution in [0.15, 0.2) is 78.9 Å². The summed E-state index contributed by atoms with van der Waals surface area (Å²) in [5, 5.41) is 17.0. The molecule has 0 saturated carbocycles. The van der Waals surface area contributed by atoms with Gasteiger partial charge in [0.25, 0.3) is 5.97 Å². The lowest BCUT2D eigenvalue weighted by Gasteiger charge is -2.09. The van der Waals surface area contributed by atoms with Crippen LogP contribution in [0.3, 0.4) is 0 Å². The summed E-state index contributed by atoms with van der Waals surface area (Å²) in [6, 6.07) is 26.2. The Bertz CT molecular complexity index is 819. The molecule has 2 N–H and O–H groups in total. The van der Waals surface area contributed by atoms with E-state index in [1.807, 2.05) is 54.6 Å². The maximum Gasteiger partial charge on any atom is 0.300 e. The molecule has 0 amide bonds. The van der Waals surface area contributed by atoms with Crippen LogP contribution in [0.1, 0.15) is 31.1 Å². The number of aliphatic hydroxyl groups is 1. The van der Waals surface area contributed by atoms with Gasteiger partial charge in [-0.25, -0.2) is 0 Å². The zero-order valence-corrected chi connectivity index (χ0v) is 15.5. The van der Waals surface area contributed by atoms with Crippen molar-refractivity contribution in [2.45, 2.75) is 26.6 Å². The smallest absolute Gasteiger partial charge is 0.300 e. The van der Waals surface area contributed by atoms with Crippen LogP contribution in [0.25, 0.3) is 11.1 Å². The van der Waals surface area contributed by atoms with Gasteiger partial charge in [-0.1, -0.05) is 66.7 Å². The van der Waals surface area contributed by atoms with Crippen molar-refractivity contribution >= 4 is 5.97 Å². The van der Waals surface area contributed by atoms with Crippen molar-refractivity contribution < 1.29 is 19.7 Å². The molecule has 3 rings (SSSR count). The first kappa shape index (κ1) is 20.2. The second-order valence-electron chi connectivity index (χ2n) is 6.12. The molecule has 0 heterocycles. The second-order valence-corrected chi connectivity index (χ2v) is 6.12. The predicted octanol–water partition coefficient (Wildman–Crippen LogP) is 5.08. The average Bonchev–Trinajstić information content (AvgIpc) is 2.67. The Morgan fingerprint density at radius 2 is 1.37 bits per heavy atom. The Balaban J connectivity index is 0.000000596. The van der Waals surface area contributed by atoms with Crippen LogP contribution in [0.5, 0.6) is 5.75 Å². The standard InChI is InChI=1S/C21H20O2.C2H4O2/c1-16(22)18-7-9-19(10-8-18)20-11-13-21(14-12-20)23-15-17-5-3-2-4-6-17;1-2(3)4/h2-14,16,22H,15H2,1H3;1H3,(H,3,4). The molecular weight excluding hydrogens is 340 g/mol. The van der Waals surface area contributed by atoms with Gasteiger partial charge in [-0.3, -0.25) is 4.79 Å². The molecule has 140 valence electrons. The van der Waals surface area contributed by atoms with Gasteiger partial charge in [-0.15, -0.1) is 0 Å². The van der Waals surface area contributed by atoms with Gasteiger partial charge < -0.3 is 14.9 Å². The highest BCUT2D eigenvalue weighted by Gasteiger charge is 2.03. The molecule has 0 fully saturated rings. The number of rotatable bonds is 5. The van der Waals surface area contributed by atoms with E-state index in [2.05, 4.69) is 24.3 Å². The number of aliphatic hydroxyl groups excluding tert-OH is 1. The van der Waals surface area contributed by atoms with Crippen LogP contribution < -0.4 is 4.74 Å². The maximum absolute atomic E-state index is 9.56. The molecule has 1 unspecified atom stereocenters. The highest BCUT2D eigenvalue weighted by Crippen LogP contribution is 2.24. The Morgan fingerprint density at radius 1 is 0.889 bits per heavy atom. The summed E-state index contributed by atoms with van der Waals surface area (Å²) in [5.74, 6) is 0.0261. The van der Waals surface area contributed by atoms with Crippen molar-refractivity contribution in [1.82, 2.24) is 0 Å². The Kier molecular flexibility index (Phi) is 7.59. The predicted molar refractivity (Wildman–Crippen MR) is 107 cm³/mol. The van der Waals surface area contributed by atoms with Gasteiger partial charge in [-0.05, 0) is 41.3 Å². The van der Waals surface area contributed by atoms with Crippen molar-refractivity contribution in [2.75, 3.05) is 0 Å². The van der Waals surface area contributed by atoms with Gasteiger partial charge in [-0.2, -0.15) is 0 Å². The minimum absolute atomic E-state index is 0.433. The Hall–Kier alpha value is -3.11. The number of hydrogen-bond donors (Lipinski definition) is 2. The number of carboxylic acids is 1. The molecule has 27 heavy (non-hydrogen) atoms. The molecule has 0 spiro atoms. The molecule has 0 bridgehead atoms. The first-order valence-corrected chi connectivity index (χ1v) is 8.70. The fourth-order valence-corrected chi connectivity index (χ4v) is 2.44. The van der Waals surface area contributed by atoms with Crippen LogP contribution in [0.4, 0.5) is 0 Å². The largest absolute Gasteiger partial charge is 0.489 e. The molecule has 4 heteroatoms. The quantitative estimate of drug-likeness (QED) is 0.663. The van der Waals surface area contributed by atoms with E-state index in [1.165, 1.54) is 0 Å². The molecule has 0 aliphatic rings. The highest BCUT2D eigenvalue weighted by molar-refractivity contribution is 5.64. The summed E-state index contributed by atoms with van der Waals surface area (Å²) in [6.45, 7) is 3.43. The number of carbonyl (C=O) groups is 1. The van der Waals surface area contributed by atoms with E-state index < -0.39 is 12.1 Å². The fraction of sp³-hybridized carbons (Fsp3) is 0.174. The van der Waals surface area contributed by atoms with E-state index in [0.717, 1.165) is 34.9 Å². The minimum Gasteiger partial charge on any atom is -0.489 e. The third-order valence-corrected chi connectivity index (χ3v) is 3.83. The van der Waals surface area contributed by atoms with Gasteiger partial charge >= 0.3 is 0 Å². The van der Waals surface area contributed by atoms with E-state index in [9.17, 15) is 5.11 Å². The number of ether oxygens (including phenoxy) is 1. The summed E-state index contributed by atoms with van der Waals surface area (Å²) in [7, 11) is 0. The van der Waals surface area contributed by atoms with Crippen molar-refractivity contribution in [3.05, 3.63) is 90.0 Å². The summed E-state index contributed by atoms with van der Waals surface area (Å²) >= 11 is 0. The molecule has 3 aromatic carbocycles. The van der Waals surface area contributed by atoms with Gasteiger partial charge in [0.2, 0.25) is 0 Å². The number of aliphatic carboxylic acids is 1. The molecule has 1 atom stereocenters. The molecule has 0 radical (unpaired) electrons.